The van der Waals surface area contributed by atoms with Gasteiger partial charge in [-0.25, -0.2) is 8.42 Å². The Morgan fingerprint density at radius 2 is 1.33 bits per heavy atom. The molecule has 0 amide bonds. The van der Waals surface area contributed by atoms with Crippen molar-refractivity contribution in [1.29, 1.82) is 0 Å². The van der Waals surface area contributed by atoms with Crippen molar-refractivity contribution in [3.8, 4) is 0 Å². The summed E-state index contributed by atoms with van der Waals surface area (Å²) in [6.45, 7) is 10.1. The summed E-state index contributed by atoms with van der Waals surface area (Å²) in [4.78, 5) is 0. The molecular formula is C6H17O4PS. The van der Waals surface area contributed by atoms with Crippen LogP contribution >= 0.6 is 7.26 Å². The molecule has 4 nitrogen and oxygen atoms in total. The minimum atomic E-state index is -4.44. The molecule has 0 fully saturated rings. The van der Waals surface area contributed by atoms with Crippen LogP contribution in [0.4, 0.5) is 0 Å². The fourth-order valence-corrected chi connectivity index (χ4v) is 0. The van der Waals surface area contributed by atoms with E-state index in [4.69, 9.17) is 5.11 Å². The molecule has 0 aromatic heterocycles. The molecule has 0 saturated heterocycles. The lowest BCUT2D eigenvalue weighted by Crippen LogP contribution is -2.14. The van der Waals surface area contributed by atoms with Gasteiger partial charge in [-0.2, -0.15) is 0 Å². The van der Waals surface area contributed by atoms with Crippen LogP contribution in [-0.2, 0) is 10.1 Å². The van der Waals surface area contributed by atoms with Crippen molar-refractivity contribution >= 4 is 17.4 Å². The summed E-state index contributed by atoms with van der Waals surface area (Å²) in [6.07, 6.45) is 0. The van der Waals surface area contributed by atoms with E-state index in [0.29, 0.717) is 0 Å². The van der Waals surface area contributed by atoms with Gasteiger partial charge in [-0.15, -0.1) is 0 Å². The predicted octanol–water partition coefficient (Wildman–Crippen LogP) is 0.393. The molecule has 0 bridgehead atoms. The van der Waals surface area contributed by atoms with Crippen LogP contribution in [0.1, 0.15) is 6.92 Å². The standard InChI is InChI=1S/C4H12P.C2H6O4S/c1-5(2,3)4;1-2(3)7(4,5)6/h1-4H3;2-3H,1H3,(H,4,5,6)/q+1;/p-1. The van der Waals surface area contributed by atoms with Gasteiger partial charge in [0.1, 0.15) is 15.6 Å². The minimum Gasteiger partial charge on any atom is -0.746 e. The summed E-state index contributed by atoms with van der Waals surface area (Å²) < 4.78 is 28.6. The Morgan fingerprint density at radius 1 is 1.25 bits per heavy atom. The third kappa shape index (κ3) is 22.4. The molecule has 76 valence electrons. The molecule has 0 heterocycles. The first-order valence-corrected chi connectivity index (χ1v) is 8.41. The number of hydrogen-bond donors (Lipinski definition) is 1. The Morgan fingerprint density at radius 3 is 1.33 bits per heavy atom. The average molecular weight is 216 g/mol. The SMILES string of the molecule is CC(O)S(=O)(=O)[O-].C[P+](C)(C)C. The van der Waals surface area contributed by atoms with E-state index >= 15 is 0 Å². The van der Waals surface area contributed by atoms with Gasteiger partial charge >= 0.3 is 0 Å². The number of rotatable bonds is 1. The van der Waals surface area contributed by atoms with Crippen LogP contribution < -0.4 is 0 Å². The normalized spacial score (nSPS) is 14.6. The molecule has 0 radical (unpaired) electrons. The molecule has 0 aliphatic heterocycles. The fourth-order valence-electron chi connectivity index (χ4n) is 0. The van der Waals surface area contributed by atoms with E-state index in [2.05, 4.69) is 26.7 Å². The molecule has 0 spiro atoms. The Hall–Kier alpha value is 0.300. The molecule has 0 aromatic rings. The van der Waals surface area contributed by atoms with Gasteiger partial charge in [-0.1, -0.05) is 0 Å². The summed E-state index contributed by atoms with van der Waals surface area (Å²) in [5.41, 5.74) is -1.78. The maximum atomic E-state index is 9.53. The molecule has 0 aliphatic carbocycles. The molecular weight excluding hydrogens is 199 g/mol. The highest BCUT2D eigenvalue weighted by atomic mass is 32.2. The van der Waals surface area contributed by atoms with Gasteiger partial charge in [-0.05, 0) is 6.92 Å². The molecule has 12 heavy (non-hydrogen) atoms. The van der Waals surface area contributed by atoms with Crippen LogP contribution in [-0.4, -0.2) is 50.2 Å². The third-order valence-electron chi connectivity index (χ3n) is 0.418. The van der Waals surface area contributed by atoms with E-state index in [0.717, 1.165) is 6.92 Å². The van der Waals surface area contributed by atoms with Gasteiger partial charge in [0.2, 0.25) is 0 Å². The van der Waals surface area contributed by atoms with E-state index in [1.807, 2.05) is 0 Å². The smallest absolute Gasteiger partial charge is 0.140 e. The zero-order valence-electron chi connectivity index (χ0n) is 8.10. The molecule has 1 atom stereocenters. The lowest BCUT2D eigenvalue weighted by atomic mass is 10.9. The monoisotopic (exact) mass is 216 g/mol. The van der Waals surface area contributed by atoms with Crippen molar-refractivity contribution in [3.63, 3.8) is 0 Å². The minimum absolute atomic E-state index is 0.389. The van der Waals surface area contributed by atoms with Crippen molar-refractivity contribution < 1.29 is 18.1 Å². The molecule has 0 aliphatic rings. The highest BCUT2D eigenvalue weighted by Gasteiger charge is 2.03. The highest BCUT2D eigenvalue weighted by Crippen LogP contribution is 2.40. The number of aliphatic hydroxyl groups is 1. The third-order valence-corrected chi connectivity index (χ3v) is 1.25. The van der Waals surface area contributed by atoms with E-state index < -0.39 is 15.6 Å². The van der Waals surface area contributed by atoms with E-state index in [1.54, 1.807) is 0 Å². The first-order chi connectivity index (χ1) is 4.94. The first kappa shape index (κ1) is 14.8. The van der Waals surface area contributed by atoms with Gasteiger partial charge in [0, 0.05) is 33.9 Å². The Bertz CT molecular complexity index is 196. The maximum Gasteiger partial charge on any atom is 0.140 e. The molecule has 1 N–H and O–H groups in total. The fraction of sp³-hybridized carbons (Fsp3) is 1.00. The van der Waals surface area contributed by atoms with E-state index in [1.165, 1.54) is 0 Å². The van der Waals surface area contributed by atoms with Crippen molar-refractivity contribution in [2.24, 2.45) is 0 Å². The van der Waals surface area contributed by atoms with Gasteiger partial charge in [0.05, 0.1) is 0 Å². The summed E-state index contributed by atoms with van der Waals surface area (Å²) >= 11 is 0. The topological polar surface area (TPSA) is 77.4 Å². The van der Waals surface area contributed by atoms with Crippen LogP contribution in [0.2, 0.25) is 0 Å². The van der Waals surface area contributed by atoms with Crippen LogP contribution in [0, 0.1) is 0 Å². The second kappa shape index (κ2) is 5.12. The van der Waals surface area contributed by atoms with Gasteiger partial charge in [0.25, 0.3) is 0 Å². The average Bonchev–Trinajstić information content (AvgIpc) is 1.55. The molecule has 6 heteroatoms. The zero-order valence-corrected chi connectivity index (χ0v) is 9.82. The van der Waals surface area contributed by atoms with E-state index in [9.17, 15) is 13.0 Å². The second-order valence-electron chi connectivity index (χ2n) is 3.78. The molecule has 1 unspecified atom stereocenters. The van der Waals surface area contributed by atoms with E-state index in [-0.39, 0.29) is 7.26 Å². The Labute approximate surface area is 75.1 Å². The summed E-state index contributed by atoms with van der Waals surface area (Å²) in [7, 11) is -4.82. The number of hydrogen-bond acceptors (Lipinski definition) is 4. The highest BCUT2D eigenvalue weighted by molar-refractivity contribution is 7.86. The second-order valence-corrected chi connectivity index (χ2v) is 10.8. The van der Waals surface area contributed by atoms with Gasteiger partial charge in [-0.3, -0.25) is 0 Å². The van der Waals surface area contributed by atoms with Gasteiger partial charge in [0.15, 0.2) is 0 Å². The first-order valence-electron chi connectivity index (χ1n) is 3.36. The summed E-state index contributed by atoms with van der Waals surface area (Å²) in [5, 5.41) is 7.99. The van der Waals surface area contributed by atoms with Crippen LogP contribution in [0.5, 0.6) is 0 Å². The lowest BCUT2D eigenvalue weighted by Gasteiger charge is -2.07. The van der Waals surface area contributed by atoms with Crippen molar-refractivity contribution in [3.05, 3.63) is 0 Å². The maximum absolute atomic E-state index is 9.53. The van der Waals surface area contributed by atoms with Crippen LogP contribution in [0.25, 0.3) is 0 Å². The van der Waals surface area contributed by atoms with Crippen molar-refractivity contribution in [1.82, 2.24) is 0 Å². The van der Waals surface area contributed by atoms with Gasteiger partial charge < -0.3 is 9.66 Å². The lowest BCUT2D eigenvalue weighted by molar-refractivity contribution is 0.249. The Balaban J connectivity index is 0. The largest absolute Gasteiger partial charge is 0.746 e. The Kier molecular flexibility index (Phi) is 6.32. The summed E-state index contributed by atoms with van der Waals surface area (Å²) in [6, 6.07) is 0. The number of aliphatic hydroxyl groups excluding tert-OH is 1. The van der Waals surface area contributed by atoms with Crippen LogP contribution in [0.15, 0.2) is 0 Å². The predicted molar refractivity (Wildman–Crippen MR) is 52.0 cm³/mol. The summed E-state index contributed by atoms with van der Waals surface area (Å²) in [5.74, 6) is 0. The van der Waals surface area contributed by atoms with Crippen LogP contribution in [0.3, 0.4) is 0 Å². The van der Waals surface area contributed by atoms with Crippen molar-refractivity contribution in [2.45, 2.75) is 12.4 Å². The van der Waals surface area contributed by atoms with Crippen molar-refractivity contribution in [2.75, 3.05) is 26.7 Å². The quantitative estimate of drug-likeness (QED) is 0.508. The molecule has 0 rings (SSSR count). The molecule has 0 saturated carbocycles. The molecule has 0 aromatic carbocycles. The zero-order chi connectivity index (χ0) is 10.6.